The van der Waals surface area contributed by atoms with Crippen molar-refractivity contribution in [3.63, 3.8) is 0 Å². The maximum absolute atomic E-state index is 12.7. The van der Waals surface area contributed by atoms with Crippen molar-refractivity contribution in [2.75, 3.05) is 18.0 Å². The van der Waals surface area contributed by atoms with Crippen LogP contribution in [0.5, 0.6) is 5.75 Å². The van der Waals surface area contributed by atoms with E-state index in [2.05, 4.69) is 37.3 Å². The normalized spacial score (nSPS) is 19.9. The number of piperazine rings is 1. The summed E-state index contributed by atoms with van der Waals surface area (Å²) in [6, 6.07) is 22.8. The monoisotopic (exact) mass is 548 g/mol. The number of carbonyl (C=O) groups excluding carboxylic acids is 1. The highest BCUT2D eigenvalue weighted by atomic mass is 16.7. The van der Waals surface area contributed by atoms with Crippen molar-refractivity contribution in [1.29, 1.82) is 0 Å². The molecule has 0 saturated carbocycles. The van der Waals surface area contributed by atoms with E-state index in [1.807, 2.05) is 54.6 Å². The number of aromatic nitrogens is 4. The van der Waals surface area contributed by atoms with E-state index >= 15 is 0 Å². The van der Waals surface area contributed by atoms with E-state index in [0.29, 0.717) is 39.9 Å². The van der Waals surface area contributed by atoms with E-state index in [4.69, 9.17) is 9.47 Å². The van der Waals surface area contributed by atoms with Crippen LogP contribution >= 0.6 is 0 Å². The second-order valence-electron chi connectivity index (χ2n) is 11.0. The molecule has 0 spiro atoms. The van der Waals surface area contributed by atoms with Gasteiger partial charge in [0.1, 0.15) is 12.4 Å². The van der Waals surface area contributed by atoms with E-state index < -0.39 is 11.8 Å². The van der Waals surface area contributed by atoms with Gasteiger partial charge < -0.3 is 24.7 Å². The highest BCUT2D eigenvalue weighted by molar-refractivity contribution is 5.99. The van der Waals surface area contributed by atoms with E-state index in [-0.39, 0.29) is 12.1 Å². The summed E-state index contributed by atoms with van der Waals surface area (Å²) in [7, 11) is 0. The molecule has 206 valence electrons. The minimum atomic E-state index is -0.807. The molecule has 2 aliphatic rings. The molecule has 2 aliphatic heterocycles. The lowest BCUT2D eigenvalue weighted by Crippen LogP contribution is -2.58. The highest BCUT2D eigenvalue weighted by Gasteiger charge is 2.42. The van der Waals surface area contributed by atoms with Gasteiger partial charge in [-0.1, -0.05) is 54.6 Å². The number of H-pyrrole nitrogens is 1. The summed E-state index contributed by atoms with van der Waals surface area (Å²) in [4.78, 5) is 34.5. The third kappa shape index (κ3) is 4.98. The summed E-state index contributed by atoms with van der Waals surface area (Å²) in [6.07, 6.45) is 1.37. The van der Waals surface area contributed by atoms with Crippen molar-refractivity contribution in [2.45, 2.75) is 38.0 Å². The predicted molar refractivity (Wildman–Crippen MR) is 155 cm³/mol. The molecule has 0 aliphatic carbocycles. The van der Waals surface area contributed by atoms with Gasteiger partial charge in [0.15, 0.2) is 11.3 Å². The number of benzene rings is 3. The first-order valence-corrected chi connectivity index (χ1v) is 13.6. The van der Waals surface area contributed by atoms with E-state index in [1.54, 1.807) is 18.2 Å². The zero-order valence-electron chi connectivity index (χ0n) is 22.5. The summed E-state index contributed by atoms with van der Waals surface area (Å²) >= 11 is 0. The third-order valence-electron chi connectivity index (χ3n) is 7.84. The average molecular weight is 549 g/mol. The third-order valence-corrected chi connectivity index (χ3v) is 7.84. The molecular weight excluding hydrogens is 520 g/mol. The van der Waals surface area contributed by atoms with E-state index in [0.717, 1.165) is 42.3 Å². The topological polar surface area (TPSA) is 122 Å². The Bertz CT molecular complexity index is 1840. The fourth-order valence-electron chi connectivity index (χ4n) is 6.00. The van der Waals surface area contributed by atoms with Gasteiger partial charge in [-0.15, -0.1) is 10.2 Å². The maximum Gasteiger partial charge on any atom is 0.514 e. The number of hydrogen-bond acceptors (Lipinski definition) is 9. The maximum atomic E-state index is 12.7. The van der Waals surface area contributed by atoms with Gasteiger partial charge >= 0.3 is 11.8 Å². The van der Waals surface area contributed by atoms with Crippen molar-refractivity contribution < 1.29 is 14.3 Å². The second-order valence-corrected chi connectivity index (χ2v) is 11.0. The van der Waals surface area contributed by atoms with Gasteiger partial charge in [-0.05, 0) is 54.3 Å². The molecule has 0 unspecified atom stereocenters. The number of aromatic amines is 1. The quantitative estimate of drug-likeness (QED) is 0.240. The van der Waals surface area contributed by atoms with Crippen LogP contribution in [0.15, 0.2) is 77.6 Å². The van der Waals surface area contributed by atoms with Gasteiger partial charge in [-0.3, -0.25) is 0 Å². The molecular formula is C31H28N6O4. The van der Waals surface area contributed by atoms with Gasteiger partial charge in [0.05, 0.1) is 11.2 Å². The second kappa shape index (κ2) is 9.97. The molecule has 41 heavy (non-hydrogen) atoms. The summed E-state index contributed by atoms with van der Waals surface area (Å²) in [6.45, 7) is 3.81. The molecule has 2 fully saturated rings. The lowest BCUT2D eigenvalue weighted by atomic mass is 10.00. The number of nitrogens with one attached hydrogen (secondary N) is 2. The Balaban J connectivity index is 1.23. The fraction of sp³-hybridized carbons (Fsp3) is 0.258. The minimum absolute atomic E-state index is 0.0194. The van der Waals surface area contributed by atoms with Gasteiger partial charge in [-0.25, -0.2) is 9.59 Å². The number of carbonyl (C=O) groups is 1. The molecule has 5 aromatic rings. The van der Waals surface area contributed by atoms with Crippen molar-refractivity contribution >= 4 is 33.8 Å². The van der Waals surface area contributed by atoms with Gasteiger partial charge in [0.2, 0.25) is 0 Å². The van der Waals surface area contributed by atoms with Crippen LogP contribution in [0, 0.1) is 0 Å². The number of hydrogen-bond donors (Lipinski definition) is 2. The molecule has 4 heterocycles. The summed E-state index contributed by atoms with van der Waals surface area (Å²) in [5, 5.41) is 14.5. The van der Waals surface area contributed by atoms with Crippen LogP contribution in [0.1, 0.15) is 25.3 Å². The first-order chi connectivity index (χ1) is 19.9. The van der Waals surface area contributed by atoms with E-state index in [9.17, 15) is 9.59 Å². The van der Waals surface area contributed by atoms with E-state index in [1.165, 1.54) is 0 Å². The van der Waals surface area contributed by atoms with Gasteiger partial charge in [0, 0.05) is 30.2 Å². The minimum Gasteiger partial charge on any atom is -0.429 e. The zero-order valence-corrected chi connectivity index (χ0v) is 22.5. The first kappa shape index (κ1) is 25.2. The Morgan fingerprint density at radius 2 is 1.90 bits per heavy atom. The first-order valence-electron chi connectivity index (χ1n) is 13.6. The average Bonchev–Trinajstić information content (AvgIpc) is 3.26. The molecule has 2 aromatic heterocycles. The zero-order chi connectivity index (χ0) is 28.0. The molecule has 3 aromatic carbocycles. The standard InChI is InChI=1S/C31H28N6O4/c1-31-12-11-21(34-31)16-37(18-31)28-27-26(32-29(38)33-28)15-25(35-36-27)24-14-22(13-20-9-5-6-10-23(20)24)41-30(39)40-17-19-7-3-2-4-8-19/h2-10,13-15,21,34H,11-12,16-18H2,1H3,(H,32,33,38)/t21-,31+/m1/s1. The lowest BCUT2D eigenvalue weighted by Gasteiger charge is -2.39. The molecule has 2 N–H and O–H groups in total. The Hall–Kier alpha value is -4.83. The Morgan fingerprint density at radius 1 is 1.07 bits per heavy atom. The van der Waals surface area contributed by atoms with Crippen molar-refractivity contribution in [1.82, 2.24) is 25.5 Å². The van der Waals surface area contributed by atoms with Crippen molar-refractivity contribution in [3.05, 3.63) is 88.8 Å². The molecule has 7 rings (SSSR count). The van der Waals surface area contributed by atoms with Gasteiger partial charge in [0.25, 0.3) is 0 Å². The molecule has 2 saturated heterocycles. The Morgan fingerprint density at radius 3 is 2.76 bits per heavy atom. The summed E-state index contributed by atoms with van der Waals surface area (Å²) in [5.41, 5.74) is 2.71. The van der Waals surface area contributed by atoms with Crippen molar-refractivity contribution in [3.8, 4) is 17.0 Å². The van der Waals surface area contributed by atoms with Gasteiger partial charge in [-0.2, -0.15) is 4.98 Å². The van der Waals surface area contributed by atoms with Crippen LogP contribution < -0.4 is 20.6 Å². The van der Waals surface area contributed by atoms with Crippen molar-refractivity contribution in [2.24, 2.45) is 0 Å². The molecule has 10 heteroatoms. The largest absolute Gasteiger partial charge is 0.514 e. The summed E-state index contributed by atoms with van der Waals surface area (Å²) < 4.78 is 10.9. The molecule has 0 amide bonds. The Labute approximate surface area is 235 Å². The van der Waals surface area contributed by atoms with Crippen LogP contribution in [0.2, 0.25) is 0 Å². The smallest absolute Gasteiger partial charge is 0.429 e. The number of nitrogens with zero attached hydrogens (tertiary/aromatic N) is 4. The van der Waals surface area contributed by atoms with Crippen LogP contribution in [0.25, 0.3) is 33.1 Å². The van der Waals surface area contributed by atoms with Crippen LogP contribution in [-0.4, -0.2) is 51.0 Å². The molecule has 2 bridgehead atoms. The number of ether oxygens (including phenoxy) is 2. The lowest BCUT2D eigenvalue weighted by molar-refractivity contribution is 0.0928. The number of rotatable bonds is 5. The Kier molecular flexibility index (Phi) is 6.12. The SMILES string of the molecule is C[C@]12CC[C@H](CN(c3nc(=O)[nH]c4cc(-c5cc(OC(=O)OCc6ccccc6)cc6ccccc56)nnc34)C1)N2. The van der Waals surface area contributed by atoms with Crippen LogP contribution in [-0.2, 0) is 11.3 Å². The van der Waals surface area contributed by atoms with Crippen LogP contribution in [0.3, 0.4) is 0 Å². The van der Waals surface area contributed by atoms with Crippen LogP contribution in [0.4, 0.5) is 10.6 Å². The summed E-state index contributed by atoms with van der Waals surface area (Å²) in [5.74, 6) is 0.859. The highest BCUT2D eigenvalue weighted by Crippen LogP contribution is 2.35. The molecule has 10 nitrogen and oxygen atoms in total. The number of fused-ring (bicyclic) bond motifs is 4. The molecule has 0 radical (unpaired) electrons. The number of anilines is 1. The molecule has 2 atom stereocenters. The fourth-order valence-corrected chi connectivity index (χ4v) is 6.00. The predicted octanol–water partition coefficient (Wildman–Crippen LogP) is 4.58.